The molecule has 0 bridgehead atoms. The van der Waals surface area contributed by atoms with Gasteiger partial charge in [-0.2, -0.15) is 0 Å². The molecule has 1 heterocycles. The zero-order valence-electron chi connectivity index (χ0n) is 10.9. The smallest absolute Gasteiger partial charge is 0.327 e. The van der Waals surface area contributed by atoms with Crippen LogP contribution in [-0.2, 0) is 0 Å². The van der Waals surface area contributed by atoms with Crippen molar-refractivity contribution in [3.63, 3.8) is 0 Å². The number of aromatic nitrogens is 2. The van der Waals surface area contributed by atoms with E-state index < -0.39 is 0 Å². The molecule has 0 spiro atoms. The Morgan fingerprint density at radius 2 is 1.43 bits per heavy atom. The molecule has 0 amide bonds. The van der Waals surface area contributed by atoms with Crippen molar-refractivity contribution in [1.82, 2.24) is 10.2 Å². The lowest BCUT2D eigenvalue weighted by molar-refractivity contribution is 0.554. The van der Waals surface area contributed by atoms with E-state index >= 15 is 0 Å². The van der Waals surface area contributed by atoms with E-state index in [1.165, 1.54) is 0 Å². The summed E-state index contributed by atoms with van der Waals surface area (Å²) in [7, 11) is 0. The van der Waals surface area contributed by atoms with Crippen LogP contribution in [0.15, 0.2) is 65.1 Å². The number of hydrogen-bond donors (Lipinski definition) is 1. The van der Waals surface area contributed by atoms with Gasteiger partial charge in [0, 0.05) is 0 Å². The van der Waals surface area contributed by atoms with E-state index in [-0.39, 0.29) is 10.1 Å². The minimum atomic E-state index is 0.236. The lowest BCUT2D eigenvalue weighted by Gasteiger charge is -2.20. The summed E-state index contributed by atoms with van der Waals surface area (Å²) < 4.78 is 5.88. The number of nitrogens with zero attached hydrogens (tertiary/aromatic N) is 3. The lowest BCUT2D eigenvalue weighted by Crippen LogP contribution is -2.10. The Bertz CT molecular complexity index is 704. The second kappa shape index (κ2) is 6.07. The molecule has 21 heavy (non-hydrogen) atoms. The monoisotopic (exact) mass is 313 g/mol. The van der Waals surface area contributed by atoms with Crippen molar-refractivity contribution in [2.45, 2.75) is 0 Å². The van der Waals surface area contributed by atoms with Gasteiger partial charge in [-0.05, 0) is 24.3 Å². The molecular weight excluding hydrogens is 302 g/mol. The maximum absolute atomic E-state index is 5.60. The van der Waals surface area contributed by atoms with Gasteiger partial charge in [-0.3, -0.25) is 4.90 Å². The fourth-order valence-corrected chi connectivity index (χ4v) is 2.09. The molecule has 2 aromatic carbocycles. The third-order valence-electron chi connectivity index (χ3n) is 2.82. The van der Waals surface area contributed by atoms with Crippen LogP contribution in [0.4, 0.5) is 17.4 Å². The van der Waals surface area contributed by atoms with E-state index in [4.69, 9.17) is 16.6 Å². The van der Waals surface area contributed by atoms with Crippen LogP contribution in [0.5, 0.6) is 0 Å². The number of rotatable bonds is 4. The first-order valence-electron chi connectivity index (χ1n) is 6.23. The predicted octanol–water partition coefficient (Wildman–Crippen LogP) is 4.14. The highest BCUT2D eigenvalue weighted by molar-refractivity contribution is 8.11. The van der Waals surface area contributed by atoms with Gasteiger partial charge < -0.3 is 4.42 Å². The first kappa shape index (κ1) is 13.8. The summed E-state index contributed by atoms with van der Waals surface area (Å²) in [5.74, 6) is 0.236. The van der Waals surface area contributed by atoms with Crippen LogP contribution in [0.1, 0.15) is 5.89 Å². The van der Waals surface area contributed by atoms with Crippen LogP contribution in [-0.4, -0.2) is 14.4 Å². The molecule has 1 aromatic heterocycles. The van der Waals surface area contributed by atoms with Gasteiger partial charge in [-0.25, -0.2) is 0 Å². The predicted molar refractivity (Wildman–Crippen MR) is 89.7 cm³/mol. The van der Waals surface area contributed by atoms with Crippen LogP contribution < -0.4 is 4.90 Å². The Morgan fingerprint density at radius 3 is 1.86 bits per heavy atom. The minimum Gasteiger partial charge on any atom is -0.401 e. The average molecular weight is 313 g/mol. The van der Waals surface area contributed by atoms with Crippen molar-refractivity contribution < 1.29 is 4.42 Å². The fraction of sp³-hybridized carbons (Fsp3) is 0. The van der Waals surface area contributed by atoms with Gasteiger partial charge in [-0.15, -0.1) is 17.7 Å². The fourth-order valence-electron chi connectivity index (χ4n) is 1.92. The van der Waals surface area contributed by atoms with Crippen LogP contribution >= 0.6 is 24.8 Å². The molecule has 104 valence electrons. The third-order valence-corrected chi connectivity index (χ3v) is 3.18. The minimum absolute atomic E-state index is 0.236. The van der Waals surface area contributed by atoms with Crippen molar-refractivity contribution in [3.8, 4) is 0 Å². The van der Waals surface area contributed by atoms with Gasteiger partial charge in [0.05, 0.1) is 11.4 Å². The van der Waals surface area contributed by atoms with Gasteiger partial charge in [0.15, 0.2) is 0 Å². The molecule has 0 aliphatic carbocycles. The Morgan fingerprint density at radius 1 is 0.905 bits per heavy atom. The standard InChI is InChI=1S/C15H11N3OS2/c20-14(21)13-16-17-15(19-13)18(11-7-3-1-4-8-11)12-9-5-2-6-10-12/h1-10H,(H,20,21). The zero-order valence-corrected chi connectivity index (χ0v) is 12.6. The Hall–Kier alpha value is -2.18. The summed E-state index contributed by atoms with van der Waals surface area (Å²) in [4.78, 5) is 1.86. The quantitative estimate of drug-likeness (QED) is 0.579. The Balaban J connectivity index is 2.10. The molecule has 0 atom stereocenters. The molecule has 0 N–H and O–H groups in total. The molecule has 0 aliphatic rings. The zero-order chi connectivity index (χ0) is 14.7. The summed E-state index contributed by atoms with van der Waals surface area (Å²) in [6.07, 6.45) is 0. The largest absolute Gasteiger partial charge is 0.401 e. The molecule has 0 saturated heterocycles. The van der Waals surface area contributed by atoms with E-state index in [9.17, 15) is 0 Å². The highest BCUT2D eigenvalue weighted by Crippen LogP contribution is 2.32. The summed E-state index contributed by atoms with van der Waals surface area (Å²) in [5, 5.41) is 7.98. The topological polar surface area (TPSA) is 42.2 Å². The SMILES string of the molecule is S=C(S)c1nnc(N(c2ccccc2)c2ccccc2)o1. The van der Waals surface area contributed by atoms with Gasteiger partial charge in [0.2, 0.25) is 0 Å². The van der Waals surface area contributed by atoms with Crippen molar-refractivity contribution >= 4 is 46.4 Å². The van der Waals surface area contributed by atoms with Crippen LogP contribution in [0.2, 0.25) is 0 Å². The Labute approximate surface area is 132 Å². The number of hydrogen-bond acceptors (Lipinski definition) is 5. The van der Waals surface area contributed by atoms with Crippen molar-refractivity contribution in [2.75, 3.05) is 4.90 Å². The number of thiocarbonyl (C=S) groups is 1. The van der Waals surface area contributed by atoms with Gasteiger partial charge in [0.25, 0.3) is 5.89 Å². The maximum atomic E-state index is 5.60. The first-order valence-corrected chi connectivity index (χ1v) is 7.08. The molecule has 0 aliphatic heterocycles. The maximum Gasteiger partial charge on any atom is 0.327 e. The normalized spacial score (nSPS) is 10.3. The van der Waals surface area contributed by atoms with E-state index in [0.29, 0.717) is 6.01 Å². The molecular formula is C15H11N3OS2. The van der Waals surface area contributed by atoms with E-state index in [1.54, 1.807) is 0 Å². The summed E-state index contributed by atoms with van der Waals surface area (Å²) >= 11 is 9.01. The highest BCUT2D eigenvalue weighted by Gasteiger charge is 2.19. The third kappa shape index (κ3) is 2.96. The molecule has 6 heteroatoms. The Kier molecular flexibility index (Phi) is 3.98. The van der Waals surface area contributed by atoms with E-state index in [1.807, 2.05) is 65.6 Å². The van der Waals surface area contributed by atoms with Crippen LogP contribution in [0.3, 0.4) is 0 Å². The molecule has 0 fully saturated rings. The molecule has 4 nitrogen and oxygen atoms in total. The summed E-state index contributed by atoms with van der Waals surface area (Å²) in [6.45, 7) is 0. The van der Waals surface area contributed by atoms with Crippen molar-refractivity contribution in [2.24, 2.45) is 0 Å². The number of para-hydroxylation sites is 2. The molecule has 3 rings (SSSR count). The van der Waals surface area contributed by atoms with E-state index in [0.717, 1.165) is 11.4 Å². The average Bonchev–Trinajstić information content (AvgIpc) is 3.00. The van der Waals surface area contributed by atoms with Crippen LogP contribution in [0.25, 0.3) is 0 Å². The number of thiol groups is 1. The van der Waals surface area contributed by atoms with Crippen molar-refractivity contribution in [1.29, 1.82) is 0 Å². The first-order chi connectivity index (χ1) is 10.3. The van der Waals surface area contributed by atoms with Gasteiger partial charge in [-0.1, -0.05) is 53.7 Å². The number of benzene rings is 2. The second-order valence-corrected chi connectivity index (χ2v) is 5.36. The second-order valence-electron chi connectivity index (χ2n) is 4.20. The molecule has 0 saturated carbocycles. The lowest BCUT2D eigenvalue weighted by atomic mass is 10.2. The van der Waals surface area contributed by atoms with Crippen molar-refractivity contribution in [3.05, 3.63) is 66.6 Å². The number of anilines is 3. The molecule has 0 unspecified atom stereocenters. The highest BCUT2D eigenvalue weighted by atomic mass is 32.1. The van der Waals surface area contributed by atoms with Gasteiger partial charge >= 0.3 is 6.01 Å². The molecule has 0 radical (unpaired) electrons. The molecule has 3 aromatic rings. The summed E-state index contributed by atoms with van der Waals surface area (Å²) in [6, 6.07) is 19.9. The van der Waals surface area contributed by atoms with E-state index in [2.05, 4.69) is 22.8 Å². The summed E-state index contributed by atoms with van der Waals surface area (Å²) in [5.41, 5.74) is 1.84. The van der Waals surface area contributed by atoms with Gasteiger partial charge in [0.1, 0.15) is 4.20 Å². The van der Waals surface area contributed by atoms with Crippen LogP contribution in [0, 0.1) is 0 Å².